The molecule has 1 N–H and O–H groups in total. The average molecular weight is 368 g/mol. The highest BCUT2D eigenvalue weighted by Gasteiger charge is 2.25. The van der Waals surface area contributed by atoms with Gasteiger partial charge >= 0.3 is 6.09 Å². The Morgan fingerprint density at radius 3 is 2.52 bits per heavy atom. The first-order valence-electron chi connectivity index (χ1n) is 9.07. The minimum Gasteiger partial charge on any atom is -0.450 e. The zero-order chi connectivity index (χ0) is 19.2. The van der Waals surface area contributed by atoms with Crippen molar-refractivity contribution in [3.05, 3.63) is 53.9 Å². The van der Waals surface area contributed by atoms with E-state index in [2.05, 4.69) is 10.3 Å². The minimum absolute atomic E-state index is 0.0838. The van der Waals surface area contributed by atoms with Crippen LogP contribution in [0.5, 0.6) is 0 Å². The summed E-state index contributed by atoms with van der Waals surface area (Å²) in [4.78, 5) is 32.1. The van der Waals surface area contributed by atoms with Gasteiger partial charge in [-0.25, -0.2) is 4.79 Å². The van der Waals surface area contributed by atoms with E-state index < -0.39 is 0 Å². The number of ether oxygens (including phenoxy) is 1. The van der Waals surface area contributed by atoms with Crippen molar-refractivity contribution in [1.29, 1.82) is 0 Å². The predicted octanol–water partition coefficient (Wildman–Crippen LogP) is 3.05. The van der Waals surface area contributed by atoms with Gasteiger partial charge in [0.1, 0.15) is 0 Å². The number of carbonyl (C=O) groups excluding carboxylic acids is 2. The number of anilines is 2. The van der Waals surface area contributed by atoms with Gasteiger partial charge in [0.05, 0.1) is 24.1 Å². The molecule has 1 aliphatic rings. The topological polar surface area (TPSA) is 74.8 Å². The molecule has 0 bridgehead atoms. The maximum atomic E-state index is 12.8. The van der Waals surface area contributed by atoms with Gasteiger partial charge in [0.25, 0.3) is 5.91 Å². The van der Waals surface area contributed by atoms with Crippen molar-refractivity contribution < 1.29 is 14.3 Å². The van der Waals surface area contributed by atoms with Gasteiger partial charge in [-0.3, -0.25) is 9.78 Å². The number of nitrogens with one attached hydrogen (secondary N) is 1. The zero-order valence-electron chi connectivity index (χ0n) is 15.6. The van der Waals surface area contributed by atoms with Gasteiger partial charge in [0.15, 0.2) is 0 Å². The zero-order valence-corrected chi connectivity index (χ0v) is 15.6. The van der Waals surface area contributed by atoms with E-state index in [1.165, 1.54) is 0 Å². The van der Waals surface area contributed by atoms with E-state index in [9.17, 15) is 9.59 Å². The molecule has 0 unspecified atom stereocenters. The summed E-state index contributed by atoms with van der Waals surface area (Å²) in [5.74, 6) is -0.0838. The van der Waals surface area contributed by atoms with Crippen LogP contribution in [0.4, 0.5) is 16.2 Å². The molecule has 2 heterocycles. The predicted molar refractivity (Wildman–Crippen MR) is 103 cm³/mol. The molecule has 0 atom stereocenters. The van der Waals surface area contributed by atoms with Crippen LogP contribution in [0.25, 0.3) is 0 Å². The Hall–Kier alpha value is -3.09. The number of benzene rings is 1. The maximum absolute atomic E-state index is 12.8. The second-order valence-corrected chi connectivity index (χ2v) is 6.38. The van der Waals surface area contributed by atoms with E-state index >= 15 is 0 Å². The van der Waals surface area contributed by atoms with Crippen molar-refractivity contribution in [1.82, 2.24) is 14.8 Å². The Labute approximate surface area is 158 Å². The molecule has 0 radical (unpaired) electrons. The van der Waals surface area contributed by atoms with Gasteiger partial charge < -0.3 is 19.9 Å². The van der Waals surface area contributed by atoms with Gasteiger partial charge in [-0.05, 0) is 31.5 Å². The summed E-state index contributed by atoms with van der Waals surface area (Å²) in [6, 6.07) is 9.75. The molecule has 7 nitrogen and oxygen atoms in total. The van der Waals surface area contributed by atoms with Crippen LogP contribution in [0, 0.1) is 6.92 Å². The molecule has 1 aromatic carbocycles. The lowest BCUT2D eigenvalue weighted by atomic mass is 10.2. The SMILES string of the molecule is CCOC(=O)N1CCN(C(=O)c2cncc(Nc3ccccc3C)c2)CC1. The normalized spacial score (nSPS) is 14.0. The summed E-state index contributed by atoms with van der Waals surface area (Å²) in [5, 5.41) is 3.30. The summed E-state index contributed by atoms with van der Waals surface area (Å²) in [6.45, 7) is 6.05. The summed E-state index contributed by atoms with van der Waals surface area (Å²) < 4.78 is 5.01. The summed E-state index contributed by atoms with van der Waals surface area (Å²) >= 11 is 0. The Morgan fingerprint density at radius 1 is 1.11 bits per heavy atom. The van der Waals surface area contributed by atoms with Crippen LogP contribution in [0.3, 0.4) is 0 Å². The molecule has 0 aliphatic carbocycles. The van der Waals surface area contributed by atoms with Gasteiger partial charge in [-0.2, -0.15) is 0 Å². The van der Waals surface area contributed by atoms with E-state index in [4.69, 9.17) is 4.74 Å². The third-order valence-corrected chi connectivity index (χ3v) is 4.50. The Balaban J connectivity index is 1.64. The van der Waals surface area contributed by atoms with Gasteiger partial charge in [-0.1, -0.05) is 18.2 Å². The number of nitrogens with zero attached hydrogens (tertiary/aromatic N) is 3. The van der Waals surface area contributed by atoms with Crippen molar-refractivity contribution in [2.45, 2.75) is 13.8 Å². The van der Waals surface area contributed by atoms with Crippen LogP contribution >= 0.6 is 0 Å². The highest BCUT2D eigenvalue weighted by Crippen LogP contribution is 2.21. The average Bonchev–Trinajstić information content (AvgIpc) is 2.70. The highest BCUT2D eigenvalue weighted by molar-refractivity contribution is 5.95. The molecule has 0 saturated carbocycles. The van der Waals surface area contributed by atoms with Crippen LogP contribution < -0.4 is 5.32 Å². The first kappa shape index (κ1) is 18.7. The Kier molecular flexibility index (Phi) is 5.90. The van der Waals surface area contributed by atoms with E-state index in [0.717, 1.165) is 16.9 Å². The van der Waals surface area contributed by atoms with Gasteiger partial charge in [0.2, 0.25) is 0 Å². The number of hydrogen-bond acceptors (Lipinski definition) is 5. The molecule has 1 fully saturated rings. The molecule has 3 rings (SSSR count). The molecule has 1 aliphatic heterocycles. The first-order valence-corrected chi connectivity index (χ1v) is 9.07. The fraction of sp³-hybridized carbons (Fsp3) is 0.350. The molecule has 1 aromatic heterocycles. The fourth-order valence-electron chi connectivity index (χ4n) is 2.98. The lowest BCUT2D eigenvalue weighted by Gasteiger charge is -2.34. The van der Waals surface area contributed by atoms with Crippen molar-refractivity contribution >= 4 is 23.4 Å². The molecule has 27 heavy (non-hydrogen) atoms. The number of pyridine rings is 1. The molecule has 0 spiro atoms. The summed E-state index contributed by atoms with van der Waals surface area (Å²) in [5.41, 5.74) is 3.38. The number of para-hydroxylation sites is 1. The number of aromatic nitrogens is 1. The van der Waals surface area contributed by atoms with Crippen molar-refractivity contribution in [2.75, 3.05) is 38.1 Å². The van der Waals surface area contributed by atoms with E-state index in [0.29, 0.717) is 38.3 Å². The van der Waals surface area contributed by atoms with Gasteiger partial charge in [-0.15, -0.1) is 0 Å². The molecule has 2 amide bonds. The van der Waals surface area contributed by atoms with Crippen LogP contribution in [-0.4, -0.2) is 59.6 Å². The van der Waals surface area contributed by atoms with Crippen molar-refractivity contribution in [3.8, 4) is 0 Å². The molecule has 7 heteroatoms. The van der Waals surface area contributed by atoms with E-state index in [-0.39, 0.29) is 12.0 Å². The van der Waals surface area contributed by atoms with Crippen molar-refractivity contribution in [3.63, 3.8) is 0 Å². The van der Waals surface area contributed by atoms with Crippen LogP contribution in [0.15, 0.2) is 42.7 Å². The van der Waals surface area contributed by atoms with Crippen LogP contribution in [0.2, 0.25) is 0 Å². The number of hydrogen-bond donors (Lipinski definition) is 1. The van der Waals surface area contributed by atoms with E-state index in [1.54, 1.807) is 35.2 Å². The smallest absolute Gasteiger partial charge is 0.409 e. The molecule has 1 saturated heterocycles. The lowest BCUT2D eigenvalue weighted by Crippen LogP contribution is -2.50. The van der Waals surface area contributed by atoms with Crippen LogP contribution in [0.1, 0.15) is 22.8 Å². The second-order valence-electron chi connectivity index (χ2n) is 6.38. The number of rotatable bonds is 4. The molecular weight excluding hydrogens is 344 g/mol. The Bertz CT molecular complexity index is 816. The number of aryl methyl sites for hydroxylation is 1. The molecular formula is C20H24N4O3. The largest absolute Gasteiger partial charge is 0.450 e. The van der Waals surface area contributed by atoms with Crippen molar-refractivity contribution in [2.24, 2.45) is 0 Å². The number of amides is 2. The number of piperazine rings is 1. The van der Waals surface area contributed by atoms with E-state index in [1.807, 2.05) is 31.2 Å². The summed E-state index contributed by atoms with van der Waals surface area (Å²) in [7, 11) is 0. The quantitative estimate of drug-likeness (QED) is 0.898. The minimum atomic E-state index is -0.323. The fourth-order valence-corrected chi connectivity index (χ4v) is 2.98. The Morgan fingerprint density at radius 2 is 1.81 bits per heavy atom. The lowest BCUT2D eigenvalue weighted by molar-refractivity contribution is 0.0570. The molecule has 142 valence electrons. The summed E-state index contributed by atoms with van der Waals surface area (Å²) in [6.07, 6.45) is 2.95. The standard InChI is InChI=1S/C20H24N4O3/c1-3-27-20(26)24-10-8-23(9-11-24)19(25)16-12-17(14-21-13-16)22-18-7-5-4-6-15(18)2/h4-7,12-14,22H,3,8-11H2,1-2H3. The third kappa shape index (κ3) is 4.55. The highest BCUT2D eigenvalue weighted by atomic mass is 16.6. The monoisotopic (exact) mass is 368 g/mol. The maximum Gasteiger partial charge on any atom is 0.409 e. The van der Waals surface area contributed by atoms with Gasteiger partial charge in [0, 0.05) is 38.1 Å². The number of carbonyl (C=O) groups is 2. The molecule has 2 aromatic rings. The second kappa shape index (κ2) is 8.53. The first-order chi connectivity index (χ1) is 13.1. The third-order valence-electron chi connectivity index (χ3n) is 4.50. The van der Waals surface area contributed by atoms with Crippen LogP contribution in [-0.2, 0) is 4.74 Å².